The number of para-hydroxylation sites is 1. The van der Waals surface area contributed by atoms with E-state index < -0.39 is 7.06 Å². The normalized spacial score (nSPS) is 14.2. The van der Waals surface area contributed by atoms with Crippen molar-refractivity contribution in [1.82, 2.24) is 0 Å². The van der Waals surface area contributed by atoms with Crippen molar-refractivity contribution >= 4 is 23.0 Å². The zero-order chi connectivity index (χ0) is 32.1. The van der Waals surface area contributed by atoms with Crippen molar-refractivity contribution in [2.75, 3.05) is 0 Å². The number of benzene rings is 4. The van der Waals surface area contributed by atoms with Gasteiger partial charge < -0.3 is 0 Å². The first-order valence-corrected chi connectivity index (χ1v) is 17.7. The fraction of sp³-hybridized carbons (Fsp3) is 0.400. The van der Waals surface area contributed by atoms with Crippen LogP contribution in [0.4, 0.5) is 0 Å². The van der Waals surface area contributed by atoms with E-state index in [4.69, 9.17) is 4.52 Å². The minimum atomic E-state index is -4.74. The summed E-state index contributed by atoms with van der Waals surface area (Å²) < 4.78 is 7.44. The van der Waals surface area contributed by atoms with Crippen LogP contribution in [0.15, 0.2) is 97.1 Å². The summed E-state index contributed by atoms with van der Waals surface area (Å²) in [6.07, 6.45) is 0. The second-order valence-corrected chi connectivity index (χ2v) is 19.8. The summed E-state index contributed by atoms with van der Waals surface area (Å²) in [6, 6.07) is 33.0. The Morgan fingerprint density at radius 2 is 0.814 bits per heavy atom. The molecule has 0 radical (unpaired) electrons. The zero-order valence-electron chi connectivity index (χ0n) is 28.5. The van der Waals surface area contributed by atoms with E-state index in [0.29, 0.717) is 5.75 Å². The molecular formula is C40H53O2P. The third-order valence-corrected chi connectivity index (χ3v) is 12.7. The molecule has 0 fully saturated rings. The van der Waals surface area contributed by atoms with Gasteiger partial charge in [-0.15, -0.1) is 0 Å². The van der Waals surface area contributed by atoms with Gasteiger partial charge in [0.1, 0.15) is 0 Å². The molecule has 4 aromatic carbocycles. The Morgan fingerprint density at radius 1 is 0.442 bits per heavy atom. The maximum absolute atomic E-state index is 14.6. The Morgan fingerprint density at radius 3 is 1.16 bits per heavy atom. The van der Waals surface area contributed by atoms with Crippen LogP contribution in [-0.4, -0.2) is 4.89 Å². The van der Waals surface area contributed by atoms with E-state index in [0.717, 1.165) is 27.0 Å². The van der Waals surface area contributed by atoms with Crippen LogP contribution in [0.1, 0.15) is 105 Å². The first kappa shape index (κ1) is 33.0. The molecule has 4 rings (SSSR count). The van der Waals surface area contributed by atoms with Gasteiger partial charge in [-0.2, -0.15) is 0 Å². The van der Waals surface area contributed by atoms with Gasteiger partial charge in [0.15, 0.2) is 0 Å². The average Bonchev–Trinajstić information content (AvgIpc) is 2.91. The van der Waals surface area contributed by atoms with Gasteiger partial charge in [0.25, 0.3) is 0 Å². The zero-order valence-corrected chi connectivity index (χ0v) is 29.4. The predicted molar refractivity (Wildman–Crippen MR) is 189 cm³/mol. The monoisotopic (exact) mass is 596 g/mol. The fourth-order valence-corrected chi connectivity index (χ4v) is 11.4. The summed E-state index contributed by atoms with van der Waals surface area (Å²) in [5.41, 5.74) is 3.84. The molecule has 0 aliphatic carbocycles. The van der Waals surface area contributed by atoms with Crippen LogP contribution in [0, 0.1) is 0 Å². The van der Waals surface area contributed by atoms with Gasteiger partial charge in [-0.25, -0.2) is 0 Å². The van der Waals surface area contributed by atoms with Crippen molar-refractivity contribution in [3.05, 3.63) is 119 Å². The molecule has 0 aromatic heterocycles. The molecule has 0 spiro atoms. The Hall–Kier alpha value is -2.93. The summed E-state index contributed by atoms with van der Waals surface area (Å²) >= 11 is 0. The second-order valence-electron chi connectivity index (χ2n) is 16.1. The van der Waals surface area contributed by atoms with Crippen molar-refractivity contribution in [1.29, 1.82) is 0 Å². The van der Waals surface area contributed by atoms with Gasteiger partial charge in [-0.05, 0) is 0 Å². The summed E-state index contributed by atoms with van der Waals surface area (Å²) in [4.78, 5) is 14.6. The second kappa shape index (κ2) is 10.9. The van der Waals surface area contributed by atoms with Crippen LogP contribution in [0.25, 0.3) is 0 Å². The molecule has 0 atom stereocenters. The van der Waals surface area contributed by atoms with Crippen LogP contribution in [0.2, 0.25) is 0 Å². The fourth-order valence-electron chi connectivity index (χ4n) is 6.55. The van der Waals surface area contributed by atoms with E-state index >= 15 is 0 Å². The van der Waals surface area contributed by atoms with Gasteiger partial charge >= 0.3 is 262 Å². The molecule has 2 nitrogen and oxygen atoms in total. The minimum absolute atomic E-state index is 0.155. The Kier molecular flexibility index (Phi) is 8.36. The van der Waals surface area contributed by atoms with Crippen LogP contribution >= 0.6 is 7.06 Å². The molecule has 0 saturated carbocycles. The van der Waals surface area contributed by atoms with Gasteiger partial charge in [0.05, 0.1) is 0 Å². The quantitative estimate of drug-likeness (QED) is 0.233. The summed E-state index contributed by atoms with van der Waals surface area (Å²) in [5, 5.41) is 2.54. The Balaban J connectivity index is 2.43. The third-order valence-electron chi connectivity index (χ3n) is 8.36. The van der Waals surface area contributed by atoms with Gasteiger partial charge in [-0.1, -0.05) is 0 Å². The van der Waals surface area contributed by atoms with E-state index in [9.17, 15) is 4.89 Å². The molecule has 4 aromatic rings. The summed E-state index contributed by atoms with van der Waals surface area (Å²) in [6.45, 7) is 27.1. The van der Waals surface area contributed by atoms with Crippen LogP contribution < -0.4 is 20.4 Å². The summed E-state index contributed by atoms with van der Waals surface area (Å²) in [5.74, 6) is 0.647. The standard InChI is InChI=1S/C40H53O2P/c1-37(2,3)31-25-19-27-33(35(31)39(7,8)9)43(41,30-23-17-14-18-24-30,42-29-21-15-13-16-22-29)34-28-20-26-32(38(4,5)6)36(34)40(10,11)12/h13-28,41H,1-12H3. The number of hydrogen-bond acceptors (Lipinski definition) is 2. The van der Waals surface area contributed by atoms with Gasteiger partial charge in [0.2, 0.25) is 0 Å². The Bertz CT molecular complexity index is 1500. The molecule has 0 amide bonds. The van der Waals surface area contributed by atoms with Crippen molar-refractivity contribution in [3.63, 3.8) is 0 Å². The van der Waals surface area contributed by atoms with E-state index in [1.165, 1.54) is 11.1 Å². The van der Waals surface area contributed by atoms with E-state index in [1.54, 1.807) is 0 Å². The SMILES string of the molecule is CC(C)(C)c1cccc(P(O)(Oc2ccccc2)(c2ccccc2)c2cccc(C(C)(C)C)c2C(C)(C)C)c1C(C)(C)C. The molecule has 1 N–H and O–H groups in total. The molecule has 0 saturated heterocycles. The topological polar surface area (TPSA) is 29.5 Å². The molecule has 0 unspecified atom stereocenters. The molecule has 230 valence electrons. The first-order valence-electron chi connectivity index (χ1n) is 15.6. The van der Waals surface area contributed by atoms with E-state index in [2.05, 4.69) is 132 Å². The van der Waals surface area contributed by atoms with Crippen molar-refractivity contribution in [2.45, 2.75) is 105 Å². The van der Waals surface area contributed by atoms with Gasteiger partial charge in [-0.3, -0.25) is 0 Å². The maximum atomic E-state index is 14.6. The van der Waals surface area contributed by atoms with Gasteiger partial charge in [0, 0.05) is 0 Å². The molecule has 3 heteroatoms. The number of hydrogen-bond donors (Lipinski definition) is 1. The first-order chi connectivity index (χ1) is 19.7. The summed E-state index contributed by atoms with van der Waals surface area (Å²) in [7, 11) is -4.74. The van der Waals surface area contributed by atoms with Crippen LogP contribution in [0.5, 0.6) is 5.75 Å². The predicted octanol–water partition coefficient (Wildman–Crippen LogP) is 9.61. The molecule has 0 aliphatic rings. The van der Waals surface area contributed by atoms with E-state index in [-0.39, 0.29) is 21.7 Å². The number of rotatable bonds is 5. The van der Waals surface area contributed by atoms with Crippen LogP contribution in [0.3, 0.4) is 0 Å². The molecule has 0 bridgehead atoms. The van der Waals surface area contributed by atoms with Crippen molar-refractivity contribution in [3.8, 4) is 5.75 Å². The third kappa shape index (κ3) is 5.94. The molecule has 43 heavy (non-hydrogen) atoms. The van der Waals surface area contributed by atoms with E-state index in [1.807, 2.05) is 48.5 Å². The molecular weight excluding hydrogens is 543 g/mol. The average molecular weight is 597 g/mol. The Labute approximate surface area is 261 Å². The molecule has 0 aliphatic heterocycles. The van der Waals surface area contributed by atoms with Crippen molar-refractivity contribution in [2.24, 2.45) is 0 Å². The molecule has 0 heterocycles. The van der Waals surface area contributed by atoms with Crippen molar-refractivity contribution < 1.29 is 9.42 Å². The van der Waals surface area contributed by atoms with Crippen LogP contribution in [-0.2, 0) is 21.7 Å².